The first-order valence-corrected chi connectivity index (χ1v) is 5.94. The van der Waals surface area contributed by atoms with Crippen LogP contribution >= 0.6 is 11.6 Å². The number of ether oxygens (including phenoxy) is 2. The van der Waals surface area contributed by atoms with Gasteiger partial charge in [0.15, 0.2) is 0 Å². The molecule has 7 heteroatoms. The summed E-state index contributed by atoms with van der Waals surface area (Å²) in [5.41, 5.74) is 0.994. The van der Waals surface area contributed by atoms with Gasteiger partial charge in [-0.15, -0.1) is 0 Å². The van der Waals surface area contributed by atoms with Crippen LogP contribution < -0.4 is 10.1 Å². The first-order chi connectivity index (χ1) is 9.21. The van der Waals surface area contributed by atoms with E-state index in [0.29, 0.717) is 18.3 Å². The minimum absolute atomic E-state index is 0.0717. The van der Waals surface area contributed by atoms with Crippen LogP contribution in [0.3, 0.4) is 0 Å². The molecule has 100 valence electrons. The second-order valence-corrected chi connectivity index (χ2v) is 3.98. The highest BCUT2D eigenvalue weighted by molar-refractivity contribution is 6.28. The molecule has 1 aromatic carbocycles. The van der Waals surface area contributed by atoms with Crippen LogP contribution in [0.25, 0.3) is 0 Å². The molecule has 0 fully saturated rings. The third kappa shape index (κ3) is 3.77. The molecule has 0 bridgehead atoms. The molecule has 2 rings (SSSR count). The summed E-state index contributed by atoms with van der Waals surface area (Å²) < 4.78 is 10.6. The molecule has 1 heterocycles. The molecule has 1 aromatic heterocycles. The summed E-state index contributed by atoms with van der Waals surface area (Å²) in [5, 5.41) is 2.85. The summed E-state index contributed by atoms with van der Waals surface area (Å²) in [4.78, 5) is 11.8. The molecule has 19 heavy (non-hydrogen) atoms. The van der Waals surface area contributed by atoms with Crippen LogP contribution in [0, 0.1) is 0 Å². The topological polar surface area (TPSA) is 69.2 Å². The Morgan fingerprint density at radius 3 is 2.84 bits per heavy atom. The van der Waals surface area contributed by atoms with Crippen molar-refractivity contribution in [3.05, 3.63) is 35.1 Å². The van der Waals surface area contributed by atoms with Gasteiger partial charge in [0.1, 0.15) is 5.75 Å². The van der Waals surface area contributed by atoms with E-state index in [1.54, 1.807) is 20.2 Å². The molecule has 0 spiro atoms. The summed E-state index contributed by atoms with van der Waals surface area (Å²) in [7, 11) is 3.33. The zero-order valence-corrected chi connectivity index (χ0v) is 11.3. The Kier molecular flexibility index (Phi) is 4.48. The molecule has 0 aliphatic heterocycles. The lowest BCUT2D eigenvalue weighted by molar-refractivity contribution is 0.184. The van der Waals surface area contributed by atoms with Gasteiger partial charge in [0, 0.05) is 14.2 Å². The maximum absolute atomic E-state index is 5.77. The molecule has 6 nitrogen and oxygen atoms in total. The molecule has 0 aliphatic rings. The maximum atomic E-state index is 5.77. The van der Waals surface area contributed by atoms with Crippen LogP contribution in [0.5, 0.6) is 11.8 Å². The number of anilines is 1. The number of benzene rings is 1. The van der Waals surface area contributed by atoms with Crippen LogP contribution in [-0.4, -0.2) is 29.1 Å². The zero-order chi connectivity index (χ0) is 13.7. The molecular weight excluding hydrogens is 268 g/mol. The van der Waals surface area contributed by atoms with E-state index >= 15 is 0 Å². The third-order valence-corrected chi connectivity index (χ3v) is 2.40. The molecule has 0 saturated heterocycles. The number of nitrogens with one attached hydrogen (secondary N) is 1. The van der Waals surface area contributed by atoms with Gasteiger partial charge in [0.25, 0.3) is 0 Å². The second-order valence-electron chi connectivity index (χ2n) is 3.64. The van der Waals surface area contributed by atoms with Gasteiger partial charge < -0.3 is 14.8 Å². The van der Waals surface area contributed by atoms with E-state index in [4.69, 9.17) is 21.1 Å². The standard InChI is InChI=1S/C12H13ClN4O2/c1-14-11-15-10(13)16-12(17-11)19-9-5-3-4-8(6-9)7-18-2/h3-6H,7H2,1-2H3,(H,14,15,16,17). The number of nitrogens with zero attached hydrogens (tertiary/aromatic N) is 3. The number of hydrogen-bond acceptors (Lipinski definition) is 6. The number of rotatable bonds is 5. The van der Waals surface area contributed by atoms with Gasteiger partial charge in [0.2, 0.25) is 11.2 Å². The molecule has 0 radical (unpaired) electrons. The van der Waals surface area contributed by atoms with Gasteiger partial charge >= 0.3 is 6.01 Å². The third-order valence-electron chi connectivity index (χ3n) is 2.23. The van der Waals surface area contributed by atoms with Gasteiger partial charge in [0.05, 0.1) is 6.61 Å². The fraction of sp³-hybridized carbons (Fsp3) is 0.250. The summed E-state index contributed by atoms with van der Waals surface area (Å²) in [6, 6.07) is 7.59. The van der Waals surface area contributed by atoms with Crippen molar-refractivity contribution >= 4 is 17.5 Å². The van der Waals surface area contributed by atoms with Crippen molar-refractivity contribution in [1.82, 2.24) is 15.0 Å². The zero-order valence-electron chi connectivity index (χ0n) is 10.6. The van der Waals surface area contributed by atoms with E-state index in [-0.39, 0.29) is 11.3 Å². The molecule has 1 N–H and O–H groups in total. The predicted molar refractivity (Wildman–Crippen MR) is 71.6 cm³/mol. The minimum atomic E-state index is 0.0717. The lowest BCUT2D eigenvalue weighted by atomic mass is 10.2. The molecule has 0 saturated carbocycles. The summed E-state index contributed by atoms with van der Waals surface area (Å²) >= 11 is 5.77. The van der Waals surface area contributed by atoms with Crippen molar-refractivity contribution in [2.45, 2.75) is 6.61 Å². The number of methoxy groups -OCH3 is 1. The van der Waals surface area contributed by atoms with Crippen LogP contribution in [-0.2, 0) is 11.3 Å². The van der Waals surface area contributed by atoms with Crippen LogP contribution in [0.4, 0.5) is 5.95 Å². The SMILES string of the molecule is CNc1nc(Cl)nc(Oc2cccc(COC)c2)n1. The fourth-order valence-corrected chi connectivity index (χ4v) is 1.61. The smallest absolute Gasteiger partial charge is 0.328 e. The molecular formula is C12H13ClN4O2. The summed E-state index contributed by atoms with van der Waals surface area (Å²) in [6.45, 7) is 0.511. The lowest BCUT2D eigenvalue weighted by Gasteiger charge is -2.07. The average Bonchev–Trinajstić information content (AvgIpc) is 2.39. The monoisotopic (exact) mass is 280 g/mol. The van der Waals surface area contributed by atoms with E-state index in [1.165, 1.54) is 0 Å². The van der Waals surface area contributed by atoms with Gasteiger partial charge in [-0.2, -0.15) is 15.0 Å². The lowest BCUT2D eigenvalue weighted by Crippen LogP contribution is -2.01. The Morgan fingerprint density at radius 2 is 2.11 bits per heavy atom. The van der Waals surface area contributed by atoms with Crippen molar-refractivity contribution in [3.63, 3.8) is 0 Å². The number of hydrogen-bond donors (Lipinski definition) is 1. The molecule has 2 aromatic rings. The van der Waals surface area contributed by atoms with Gasteiger partial charge in [-0.25, -0.2) is 0 Å². The molecule has 0 amide bonds. The normalized spacial score (nSPS) is 10.3. The van der Waals surface area contributed by atoms with Crippen molar-refractivity contribution in [2.24, 2.45) is 0 Å². The number of aromatic nitrogens is 3. The predicted octanol–water partition coefficient (Wildman–Crippen LogP) is 2.51. The Bertz CT molecular complexity index is 565. The fourth-order valence-electron chi connectivity index (χ4n) is 1.46. The van der Waals surface area contributed by atoms with E-state index in [0.717, 1.165) is 5.56 Å². The van der Waals surface area contributed by atoms with Crippen molar-refractivity contribution in [2.75, 3.05) is 19.5 Å². The Balaban J connectivity index is 2.20. The van der Waals surface area contributed by atoms with Crippen LogP contribution in [0.2, 0.25) is 5.28 Å². The van der Waals surface area contributed by atoms with Crippen LogP contribution in [0.15, 0.2) is 24.3 Å². The van der Waals surface area contributed by atoms with Crippen molar-refractivity contribution in [3.8, 4) is 11.8 Å². The van der Waals surface area contributed by atoms with E-state index in [1.807, 2.05) is 18.2 Å². The molecule has 0 atom stereocenters. The Hall–Kier alpha value is -1.92. The molecule has 0 unspecified atom stereocenters. The summed E-state index contributed by atoms with van der Waals surface area (Å²) in [5.74, 6) is 0.960. The Morgan fingerprint density at radius 1 is 1.26 bits per heavy atom. The van der Waals surface area contributed by atoms with E-state index < -0.39 is 0 Å². The highest BCUT2D eigenvalue weighted by Crippen LogP contribution is 2.21. The summed E-state index contributed by atoms with van der Waals surface area (Å²) in [6.07, 6.45) is 0. The van der Waals surface area contributed by atoms with Crippen LogP contribution in [0.1, 0.15) is 5.56 Å². The molecule has 0 aliphatic carbocycles. The highest BCUT2D eigenvalue weighted by Gasteiger charge is 2.06. The van der Waals surface area contributed by atoms with Crippen molar-refractivity contribution in [1.29, 1.82) is 0 Å². The first-order valence-electron chi connectivity index (χ1n) is 5.56. The second kappa shape index (κ2) is 6.31. The average molecular weight is 281 g/mol. The Labute approximate surface area is 115 Å². The van der Waals surface area contributed by atoms with Gasteiger partial charge in [-0.05, 0) is 29.3 Å². The van der Waals surface area contributed by atoms with E-state index in [9.17, 15) is 0 Å². The first kappa shape index (κ1) is 13.5. The van der Waals surface area contributed by atoms with Gasteiger partial charge in [-0.3, -0.25) is 0 Å². The minimum Gasteiger partial charge on any atom is -0.424 e. The quantitative estimate of drug-likeness (QED) is 0.907. The number of halogens is 1. The highest BCUT2D eigenvalue weighted by atomic mass is 35.5. The van der Waals surface area contributed by atoms with E-state index in [2.05, 4.69) is 20.3 Å². The van der Waals surface area contributed by atoms with Crippen molar-refractivity contribution < 1.29 is 9.47 Å². The van der Waals surface area contributed by atoms with Gasteiger partial charge in [-0.1, -0.05) is 12.1 Å². The maximum Gasteiger partial charge on any atom is 0.328 e. The largest absolute Gasteiger partial charge is 0.424 e.